The fourth-order valence-corrected chi connectivity index (χ4v) is 4.09. The molecule has 7 nitrogen and oxygen atoms in total. The standard InChI is InChI=1S/C22H28N4O3/c1-24-14-20(23-17-24)21(27)26-12-13-29-22(16-26)9-11-25(15-22)10-3-4-18-5-7-19(28-2)8-6-18/h3-8,14,17H,9-13,15-16H2,1-2H3/b4-3+. The number of morpholine rings is 1. The summed E-state index contributed by atoms with van der Waals surface area (Å²) >= 11 is 0. The maximum atomic E-state index is 12.8. The molecule has 2 aliphatic rings. The number of ether oxygens (including phenoxy) is 2. The summed E-state index contributed by atoms with van der Waals surface area (Å²) in [5, 5.41) is 0. The zero-order valence-electron chi connectivity index (χ0n) is 17.1. The van der Waals surface area contributed by atoms with E-state index in [0.717, 1.165) is 37.4 Å². The van der Waals surface area contributed by atoms with E-state index in [-0.39, 0.29) is 11.5 Å². The first-order valence-corrected chi connectivity index (χ1v) is 10.0. The zero-order valence-corrected chi connectivity index (χ0v) is 17.1. The van der Waals surface area contributed by atoms with Gasteiger partial charge in [0.1, 0.15) is 11.4 Å². The summed E-state index contributed by atoms with van der Waals surface area (Å²) < 4.78 is 13.2. The van der Waals surface area contributed by atoms with Crippen molar-refractivity contribution in [1.29, 1.82) is 0 Å². The van der Waals surface area contributed by atoms with Crippen LogP contribution in [0.25, 0.3) is 6.08 Å². The van der Waals surface area contributed by atoms with E-state index in [1.165, 1.54) is 0 Å². The minimum absolute atomic E-state index is 0.00822. The third-order valence-electron chi connectivity index (χ3n) is 5.64. The number of rotatable bonds is 5. The molecule has 7 heteroatoms. The SMILES string of the molecule is COc1ccc(/C=C/CN2CCC3(C2)CN(C(=O)c2cn(C)cn2)CCO3)cc1. The summed E-state index contributed by atoms with van der Waals surface area (Å²) in [6.45, 7) is 4.50. The maximum Gasteiger partial charge on any atom is 0.274 e. The van der Waals surface area contributed by atoms with Crippen LogP contribution in [-0.2, 0) is 11.8 Å². The number of imidazole rings is 1. The van der Waals surface area contributed by atoms with Gasteiger partial charge in [-0.15, -0.1) is 0 Å². The zero-order chi connectivity index (χ0) is 20.3. The van der Waals surface area contributed by atoms with Crippen molar-refractivity contribution in [3.8, 4) is 5.75 Å². The average Bonchev–Trinajstić information content (AvgIpc) is 3.34. The molecular formula is C22H28N4O3. The number of nitrogens with zero attached hydrogens (tertiary/aromatic N) is 4. The van der Waals surface area contributed by atoms with Crippen LogP contribution in [0, 0.1) is 0 Å². The monoisotopic (exact) mass is 396 g/mol. The quantitative estimate of drug-likeness (QED) is 0.774. The molecule has 4 rings (SSSR count). The summed E-state index contributed by atoms with van der Waals surface area (Å²) in [5.74, 6) is 0.856. The van der Waals surface area contributed by atoms with Gasteiger partial charge in [0.15, 0.2) is 0 Å². The van der Waals surface area contributed by atoms with E-state index in [2.05, 4.69) is 22.0 Å². The molecular weight excluding hydrogens is 368 g/mol. The average molecular weight is 396 g/mol. The molecule has 0 bridgehead atoms. The Morgan fingerprint density at radius 1 is 1.28 bits per heavy atom. The Hall–Kier alpha value is -2.64. The smallest absolute Gasteiger partial charge is 0.274 e. The summed E-state index contributed by atoms with van der Waals surface area (Å²) in [7, 11) is 3.55. The molecule has 1 amide bonds. The van der Waals surface area contributed by atoms with Gasteiger partial charge >= 0.3 is 0 Å². The Labute approximate surface area is 171 Å². The highest BCUT2D eigenvalue weighted by molar-refractivity contribution is 5.92. The number of aromatic nitrogens is 2. The molecule has 3 heterocycles. The van der Waals surface area contributed by atoms with Gasteiger partial charge in [-0.25, -0.2) is 4.98 Å². The fourth-order valence-electron chi connectivity index (χ4n) is 4.09. The lowest BCUT2D eigenvalue weighted by Crippen LogP contribution is -2.55. The van der Waals surface area contributed by atoms with Crippen LogP contribution in [0.1, 0.15) is 22.5 Å². The van der Waals surface area contributed by atoms with Crippen LogP contribution in [-0.4, -0.2) is 77.3 Å². The number of hydrogen-bond donors (Lipinski definition) is 0. The summed E-state index contributed by atoms with van der Waals surface area (Å²) in [5.41, 5.74) is 1.39. The number of likely N-dealkylation sites (tertiary alicyclic amines) is 1. The van der Waals surface area contributed by atoms with Gasteiger partial charge in [-0.1, -0.05) is 24.3 Å². The number of hydrogen-bond acceptors (Lipinski definition) is 5. The van der Waals surface area contributed by atoms with Gasteiger partial charge in [-0.3, -0.25) is 9.69 Å². The molecule has 1 unspecified atom stereocenters. The highest BCUT2D eigenvalue weighted by Gasteiger charge is 2.43. The van der Waals surface area contributed by atoms with Gasteiger partial charge in [0.2, 0.25) is 0 Å². The van der Waals surface area contributed by atoms with E-state index < -0.39 is 0 Å². The first kappa shape index (κ1) is 19.7. The molecule has 0 saturated carbocycles. The molecule has 2 saturated heterocycles. The molecule has 29 heavy (non-hydrogen) atoms. The second-order valence-corrected chi connectivity index (χ2v) is 7.84. The number of carbonyl (C=O) groups excluding carboxylic acids is 1. The minimum Gasteiger partial charge on any atom is -0.497 e. The first-order valence-electron chi connectivity index (χ1n) is 10.0. The van der Waals surface area contributed by atoms with Gasteiger partial charge in [-0.2, -0.15) is 0 Å². The number of carbonyl (C=O) groups is 1. The van der Waals surface area contributed by atoms with Crippen molar-refractivity contribution in [3.05, 3.63) is 54.1 Å². The molecule has 0 radical (unpaired) electrons. The van der Waals surface area contributed by atoms with E-state index in [4.69, 9.17) is 9.47 Å². The van der Waals surface area contributed by atoms with Gasteiger partial charge in [0.25, 0.3) is 5.91 Å². The predicted molar refractivity (Wildman–Crippen MR) is 111 cm³/mol. The molecule has 1 aromatic heterocycles. The molecule has 1 atom stereocenters. The van der Waals surface area contributed by atoms with Crippen molar-refractivity contribution >= 4 is 12.0 Å². The normalized spacial score (nSPS) is 22.6. The minimum atomic E-state index is -0.267. The molecule has 2 aromatic rings. The molecule has 0 N–H and O–H groups in total. The third kappa shape index (κ3) is 4.52. The van der Waals surface area contributed by atoms with Crippen molar-refractivity contribution < 1.29 is 14.3 Å². The van der Waals surface area contributed by atoms with E-state index in [0.29, 0.717) is 25.4 Å². The number of aryl methyl sites for hydroxylation is 1. The van der Waals surface area contributed by atoms with Gasteiger partial charge in [0, 0.05) is 39.4 Å². The first-order chi connectivity index (χ1) is 14.1. The Morgan fingerprint density at radius 3 is 2.83 bits per heavy atom. The van der Waals surface area contributed by atoms with Crippen LogP contribution >= 0.6 is 0 Å². The van der Waals surface area contributed by atoms with Crippen molar-refractivity contribution in [2.75, 3.05) is 46.4 Å². The third-order valence-corrected chi connectivity index (χ3v) is 5.64. The lowest BCUT2D eigenvalue weighted by Gasteiger charge is -2.40. The highest BCUT2D eigenvalue weighted by atomic mass is 16.5. The van der Waals surface area contributed by atoms with Crippen molar-refractivity contribution in [2.24, 2.45) is 7.05 Å². The molecule has 1 aromatic carbocycles. The lowest BCUT2D eigenvalue weighted by molar-refractivity contribution is -0.0913. The van der Waals surface area contributed by atoms with Gasteiger partial charge < -0.3 is 18.9 Å². The van der Waals surface area contributed by atoms with Crippen molar-refractivity contribution in [2.45, 2.75) is 12.0 Å². The van der Waals surface area contributed by atoms with Crippen molar-refractivity contribution in [1.82, 2.24) is 19.4 Å². The number of benzene rings is 1. The van der Waals surface area contributed by atoms with E-state index >= 15 is 0 Å². The Bertz CT molecular complexity index is 876. The Kier molecular flexibility index (Phi) is 5.69. The second kappa shape index (κ2) is 8.39. The van der Waals surface area contributed by atoms with E-state index in [1.54, 1.807) is 24.2 Å². The largest absolute Gasteiger partial charge is 0.497 e. The predicted octanol–water partition coefficient (Wildman–Crippen LogP) is 2.06. The Morgan fingerprint density at radius 2 is 2.10 bits per heavy atom. The van der Waals surface area contributed by atoms with E-state index in [9.17, 15) is 4.79 Å². The second-order valence-electron chi connectivity index (χ2n) is 7.84. The van der Waals surface area contributed by atoms with Crippen LogP contribution in [0.5, 0.6) is 5.75 Å². The van der Waals surface area contributed by atoms with Crippen LogP contribution in [0.3, 0.4) is 0 Å². The van der Waals surface area contributed by atoms with Crippen LogP contribution in [0.4, 0.5) is 0 Å². The molecule has 0 aliphatic carbocycles. The Balaban J connectivity index is 1.32. The van der Waals surface area contributed by atoms with Crippen LogP contribution in [0.2, 0.25) is 0 Å². The van der Waals surface area contributed by atoms with Gasteiger partial charge in [0.05, 0.1) is 32.2 Å². The molecule has 1 spiro atoms. The van der Waals surface area contributed by atoms with Gasteiger partial charge in [-0.05, 0) is 24.1 Å². The van der Waals surface area contributed by atoms with Crippen LogP contribution < -0.4 is 4.74 Å². The summed E-state index contributed by atoms with van der Waals surface area (Å²) in [6.07, 6.45) is 8.68. The highest BCUT2D eigenvalue weighted by Crippen LogP contribution is 2.30. The topological polar surface area (TPSA) is 59.8 Å². The molecule has 2 aliphatic heterocycles. The number of methoxy groups -OCH3 is 1. The van der Waals surface area contributed by atoms with Crippen molar-refractivity contribution in [3.63, 3.8) is 0 Å². The summed E-state index contributed by atoms with van der Waals surface area (Å²) in [6, 6.07) is 8.03. The fraction of sp³-hybridized carbons (Fsp3) is 0.455. The molecule has 154 valence electrons. The summed E-state index contributed by atoms with van der Waals surface area (Å²) in [4.78, 5) is 21.2. The van der Waals surface area contributed by atoms with Crippen LogP contribution in [0.15, 0.2) is 42.9 Å². The molecule has 2 fully saturated rings. The van der Waals surface area contributed by atoms with E-state index in [1.807, 2.05) is 36.2 Å². The number of amides is 1. The maximum absolute atomic E-state index is 12.8. The lowest BCUT2D eigenvalue weighted by atomic mass is 10.0.